The van der Waals surface area contributed by atoms with Crippen molar-refractivity contribution in [2.45, 2.75) is 25.5 Å². The summed E-state index contributed by atoms with van der Waals surface area (Å²) in [6, 6.07) is 0.535. The SMILES string of the molecule is COCC(O)CNC1CCN(C)CC1C. The molecule has 15 heavy (non-hydrogen) atoms. The fraction of sp³-hybridized carbons (Fsp3) is 1.00. The fourth-order valence-electron chi connectivity index (χ4n) is 2.20. The maximum absolute atomic E-state index is 9.52. The van der Waals surface area contributed by atoms with E-state index >= 15 is 0 Å². The molecule has 4 heteroatoms. The highest BCUT2D eigenvalue weighted by atomic mass is 16.5. The third-order valence-corrected chi connectivity index (χ3v) is 3.08. The summed E-state index contributed by atoms with van der Waals surface area (Å²) >= 11 is 0. The van der Waals surface area contributed by atoms with Gasteiger partial charge < -0.3 is 20.1 Å². The number of methoxy groups -OCH3 is 1. The van der Waals surface area contributed by atoms with E-state index in [-0.39, 0.29) is 6.10 Å². The van der Waals surface area contributed by atoms with Crippen LogP contribution in [0, 0.1) is 5.92 Å². The number of hydrogen-bond donors (Lipinski definition) is 2. The van der Waals surface area contributed by atoms with E-state index in [0.29, 0.717) is 25.1 Å². The first-order valence-corrected chi connectivity index (χ1v) is 5.72. The first kappa shape index (κ1) is 12.9. The van der Waals surface area contributed by atoms with E-state index in [4.69, 9.17) is 4.74 Å². The average Bonchev–Trinajstić information content (AvgIpc) is 2.17. The van der Waals surface area contributed by atoms with Crippen LogP contribution in [0.3, 0.4) is 0 Å². The molecule has 0 bridgehead atoms. The number of aliphatic hydroxyl groups excluding tert-OH is 1. The molecule has 3 unspecified atom stereocenters. The molecule has 0 amide bonds. The van der Waals surface area contributed by atoms with Crippen molar-refractivity contribution in [3.63, 3.8) is 0 Å². The van der Waals surface area contributed by atoms with Gasteiger partial charge in [-0.25, -0.2) is 0 Å². The Balaban J connectivity index is 2.20. The summed E-state index contributed by atoms with van der Waals surface area (Å²) in [5, 5.41) is 12.9. The number of aliphatic hydroxyl groups is 1. The normalized spacial score (nSPS) is 30.4. The molecule has 0 spiro atoms. The largest absolute Gasteiger partial charge is 0.389 e. The van der Waals surface area contributed by atoms with Gasteiger partial charge in [0.05, 0.1) is 12.7 Å². The summed E-state index contributed by atoms with van der Waals surface area (Å²) in [7, 11) is 3.77. The van der Waals surface area contributed by atoms with Gasteiger partial charge in [0.15, 0.2) is 0 Å². The van der Waals surface area contributed by atoms with E-state index < -0.39 is 0 Å². The summed E-state index contributed by atoms with van der Waals surface area (Å²) in [5.74, 6) is 0.651. The monoisotopic (exact) mass is 216 g/mol. The van der Waals surface area contributed by atoms with Gasteiger partial charge in [0.25, 0.3) is 0 Å². The topological polar surface area (TPSA) is 44.7 Å². The lowest BCUT2D eigenvalue weighted by molar-refractivity contribution is 0.0578. The van der Waals surface area contributed by atoms with E-state index in [1.165, 1.54) is 0 Å². The van der Waals surface area contributed by atoms with Crippen LogP contribution >= 0.6 is 0 Å². The molecule has 1 rings (SSSR count). The van der Waals surface area contributed by atoms with E-state index in [0.717, 1.165) is 19.5 Å². The number of ether oxygens (including phenoxy) is 1. The molecule has 2 N–H and O–H groups in total. The van der Waals surface area contributed by atoms with Gasteiger partial charge in [-0.1, -0.05) is 6.92 Å². The van der Waals surface area contributed by atoms with Gasteiger partial charge in [0.1, 0.15) is 0 Å². The molecule has 0 radical (unpaired) electrons. The van der Waals surface area contributed by atoms with Gasteiger partial charge in [0.2, 0.25) is 0 Å². The van der Waals surface area contributed by atoms with E-state index in [1.807, 2.05) is 0 Å². The summed E-state index contributed by atoms with van der Waals surface area (Å²) in [4.78, 5) is 2.36. The molecule has 0 aromatic heterocycles. The highest BCUT2D eigenvalue weighted by Gasteiger charge is 2.23. The Kier molecular flexibility index (Phi) is 5.53. The smallest absolute Gasteiger partial charge is 0.0897 e. The number of rotatable bonds is 5. The Bertz CT molecular complexity index is 178. The third kappa shape index (κ3) is 4.47. The Labute approximate surface area is 92.6 Å². The van der Waals surface area contributed by atoms with Crippen LogP contribution in [0.5, 0.6) is 0 Å². The van der Waals surface area contributed by atoms with Crippen LogP contribution in [0.15, 0.2) is 0 Å². The van der Waals surface area contributed by atoms with E-state index in [2.05, 4.69) is 24.2 Å². The Morgan fingerprint density at radius 1 is 1.60 bits per heavy atom. The number of likely N-dealkylation sites (tertiary alicyclic amines) is 1. The van der Waals surface area contributed by atoms with Crippen LogP contribution in [0.4, 0.5) is 0 Å². The van der Waals surface area contributed by atoms with Gasteiger partial charge in [0, 0.05) is 26.2 Å². The maximum Gasteiger partial charge on any atom is 0.0897 e. The standard InChI is InChI=1S/C11H24N2O2/c1-9-7-13(2)5-4-11(9)12-6-10(14)8-15-3/h9-12,14H,4-8H2,1-3H3. The molecule has 0 aromatic rings. The van der Waals surface area contributed by atoms with Crippen molar-refractivity contribution in [3.05, 3.63) is 0 Å². The minimum absolute atomic E-state index is 0.387. The summed E-state index contributed by atoms with van der Waals surface area (Å²) < 4.78 is 4.89. The minimum Gasteiger partial charge on any atom is -0.389 e. The lowest BCUT2D eigenvalue weighted by Crippen LogP contribution is -2.49. The Hall–Kier alpha value is -0.160. The predicted octanol–water partition coefficient (Wildman–Crippen LogP) is -0.0765. The molecule has 3 atom stereocenters. The van der Waals surface area contributed by atoms with Crippen LogP contribution in [0.25, 0.3) is 0 Å². The van der Waals surface area contributed by atoms with Gasteiger partial charge in [-0.2, -0.15) is 0 Å². The lowest BCUT2D eigenvalue weighted by Gasteiger charge is -2.35. The van der Waals surface area contributed by atoms with Crippen molar-refractivity contribution in [3.8, 4) is 0 Å². The quantitative estimate of drug-likeness (QED) is 0.675. The second-order valence-corrected chi connectivity index (χ2v) is 4.65. The molecular weight excluding hydrogens is 192 g/mol. The third-order valence-electron chi connectivity index (χ3n) is 3.08. The fourth-order valence-corrected chi connectivity index (χ4v) is 2.20. The van der Waals surface area contributed by atoms with Crippen LogP contribution in [0.1, 0.15) is 13.3 Å². The molecule has 0 aromatic carbocycles. The van der Waals surface area contributed by atoms with Crippen molar-refractivity contribution in [2.24, 2.45) is 5.92 Å². The number of piperidine rings is 1. The molecular formula is C11H24N2O2. The zero-order valence-corrected chi connectivity index (χ0v) is 10.1. The molecule has 1 saturated heterocycles. The van der Waals surface area contributed by atoms with Crippen molar-refractivity contribution >= 4 is 0 Å². The zero-order valence-electron chi connectivity index (χ0n) is 10.1. The lowest BCUT2D eigenvalue weighted by atomic mass is 9.94. The van der Waals surface area contributed by atoms with Crippen molar-refractivity contribution in [2.75, 3.05) is 40.4 Å². The Morgan fingerprint density at radius 2 is 2.33 bits per heavy atom. The summed E-state index contributed by atoms with van der Waals surface area (Å²) in [6.07, 6.45) is 0.777. The van der Waals surface area contributed by atoms with Crippen LogP contribution in [0.2, 0.25) is 0 Å². The molecule has 1 aliphatic rings. The summed E-state index contributed by atoms with van der Waals surface area (Å²) in [5.41, 5.74) is 0. The van der Waals surface area contributed by atoms with E-state index in [1.54, 1.807) is 7.11 Å². The first-order valence-electron chi connectivity index (χ1n) is 5.72. The van der Waals surface area contributed by atoms with Gasteiger partial charge in [-0.15, -0.1) is 0 Å². The first-order chi connectivity index (χ1) is 7.13. The van der Waals surface area contributed by atoms with Crippen LogP contribution in [-0.2, 0) is 4.74 Å². The summed E-state index contributed by atoms with van der Waals surface area (Å²) in [6.45, 7) is 5.58. The minimum atomic E-state index is -0.387. The van der Waals surface area contributed by atoms with Crippen molar-refractivity contribution in [1.29, 1.82) is 0 Å². The molecule has 1 fully saturated rings. The van der Waals surface area contributed by atoms with Crippen LogP contribution in [-0.4, -0.2) is 62.6 Å². The number of nitrogens with one attached hydrogen (secondary N) is 1. The van der Waals surface area contributed by atoms with Crippen LogP contribution < -0.4 is 5.32 Å². The Morgan fingerprint density at radius 3 is 2.93 bits per heavy atom. The second kappa shape index (κ2) is 6.43. The predicted molar refractivity (Wildman–Crippen MR) is 61.0 cm³/mol. The average molecular weight is 216 g/mol. The number of nitrogens with zero attached hydrogens (tertiary/aromatic N) is 1. The second-order valence-electron chi connectivity index (χ2n) is 4.65. The highest BCUT2D eigenvalue weighted by Crippen LogP contribution is 2.15. The highest BCUT2D eigenvalue weighted by molar-refractivity contribution is 4.82. The van der Waals surface area contributed by atoms with Gasteiger partial charge in [-0.3, -0.25) is 0 Å². The zero-order chi connectivity index (χ0) is 11.3. The van der Waals surface area contributed by atoms with E-state index in [9.17, 15) is 5.11 Å². The van der Waals surface area contributed by atoms with Gasteiger partial charge in [-0.05, 0) is 25.9 Å². The number of hydrogen-bond acceptors (Lipinski definition) is 4. The molecule has 1 heterocycles. The maximum atomic E-state index is 9.52. The molecule has 0 saturated carbocycles. The molecule has 1 aliphatic heterocycles. The molecule has 0 aliphatic carbocycles. The van der Waals surface area contributed by atoms with Gasteiger partial charge >= 0.3 is 0 Å². The molecule has 90 valence electrons. The van der Waals surface area contributed by atoms with Crippen molar-refractivity contribution < 1.29 is 9.84 Å². The molecule has 4 nitrogen and oxygen atoms in total. The van der Waals surface area contributed by atoms with Crippen molar-refractivity contribution in [1.82, 2.24) is 10.2 Å².